The highest BCUT2D eigenvalue weighted by Crippen LogP contribution is 2.35. The van der Waals surface area contributed by atoms with Crippen LogP contribution in [0.1, 0.15) is 28.8 Å². The molecular weight excluding hydrogens is 394 g/mol. The number of benzene rings is 1. The van der Waals surface area contributed by atoms with Crippen LogP contribution in [0.4, 0.5) is 11.5 Å². The highest BCUT2D eigenvalue weighted by molar-refractivity contribution is 7.08. The monoisotopic (exact) mass is 417 g/mol. The minimum Gasteiger partial charge on any atom is -0.368 e. The SMILES string of the molecule is O=C(c1ccsc1)N1CCCC2(C1)Nc1cccnc1NC2=NCc1ccccc1. The second-order valence-corrected chi connectivity index (χ2v) is 8.50. The van der Waals surface area contributed by atoms with Crippen LogP contribution in [-0.2, 0) is 6.54 Å². The van der Waals surface area contributed by atoms with E-state index in [0.29, 0.717) is 13.1 Å². The highest BCUT2D eigenvalue weighted by Gasteiger charge is 2.45. The Hall–Kier alpha value is -3.19. The number of rotatable bonds is 3. The zero-order chi connectivity index (χ0) is 20.4. The number of pyridine rings is 1. The van der Waals surface area contributed by atoms with Crippen molar-refractivity contribution in [1.29, 1.82) is 0 Å². The molecule has 1 unspecified atom stereocenters. The molecule has 1 atom stereocenters. The number of aliphatic imine (C=N–C) groups is 1. The Labute approximate surface area is 179 Å². The third-order valence-electron chi connectivity index (χ3n) is 5.68. The Morgan fingerprint density at radius 2 is 2.10 bits per heavy atom. The molecule has 2 aliphatic heterocycles. The average molecular weight is 418 g/mol. The van der Waals surface area contributed by atoms with Crippen LogP contribution in [0.5, 0.6) is 0 Å². The van der Waals surface area contributed by atoms with E-state index in [4.69, 9.17) is 4.99 Å². The van der Waals surface area contributed by atoms with E-state index in [-0.39, 0.29) is 5.91 Å². The molecular formula is C23H23N5OS. The molecule has 3 aromatic rings. The fraction of sp³-hybridized carbons (Fsp3) is 0.261. The fourth-order valence-corrected chi connectivity index (χ4v) is 4.82. The Balaban J connectivity index is 1.48. The van der Waals surface area contributed by atoms with Crippen molar-refractivity contribution in [3.63, 3.8) is 0 Å². The van der Waals surface area contributed by atoms with Gasteiger partial charge in [0.2, 0.25) is 0 Å². The molecule has 2 aliphatic rings. The molecule has 2 aromatic heterocycles. The summed E-state index contributed by atoms with van der Waals surface area (Å²) in [5.74, 6) is 1.70. The maximum absolute atomic E-state index is 13.1. The van der Waals surface area contributed by atoms with Gasteiger partial charge in [-0.3, -0.25) is 9.79 Å². The minimum atomic E-state index is -0.450. The van der Waals surface area contributed by atoms with E-state index in [1.54, 1.807) is 17.5 Å². The van der Waals surface area contributed by atoms with Gasteiger partial charge in [0.05, 0.1) is 24.3 Å². The molecule has 0 radical (unpaired) electrons. The van der Waals surface area contributed by atoms with Crippen molar-refractivity contribution in [2.45, 2.75) is 24.9 Å². The quantitative estimate of drug-likeness (QED) is 0.668. The van der Waals surface area contributed by atoms with E-state index in [2.05, 4.69) is 27.8 Å². The number of nitrogens with zero attached hydrogens (tertiary/aromatic N) is 3. The third kappa shape index (κ3) is 3.57. The lowest BCUT2D eigenvalue weighted by Gasteiger charge is -2.47. The third-order valence-corrected chi connectivity index (χ3v) is 6.37. The number of amidine groups is 1. The molecule has 2 N–H and O–H groups in total. The zero-order valence-corrected chi connectivity index (χ0v) is 17.4. The zero-order valence-electron chi connectivity index (χ0n) is 16.5. The van der Waals surface area contributed by atoms with Crippen LogP contribution in [0.2, 0.25) is 0 Å². The first kappa shape index (κ1) is 18.8. The number of piperidine rings is 1. The number of anilines is 2. The van der Waals surface area contributed by atoms with Gasteiger partial charge in [-0.1, -0.05) is 30.3 Å². The molecule has 1 aromatic carbocycles. The van der Waals surface area contributed by atoms with E-state index < -0.39 is 5.54 Å². The van der Waals surface area contributed by atoms with Crippen molar-refractivity contribution in [3.05, 3.63) is 76.6 Å². The lowest BCUT2D eigenvalue weighted by Crippen LogP contribution is -2.62. The molecule has 0 saturated carbocycles. The summed E-state index contributed by atoms with van der Waals surface area (Å²) in [4.78, 5) is 24.4. The van der Waals surface area contributed by atoms with Crippen LogP contribution in [0, 0.1) is 0 Å². The summed E-state index contributed by atoms with van der Waals surface area (Å²) >= 11 is 1.55. The summed E-state index contributed by atoms with van der Waals surface area (Å²) in [6.45, 7) is 1.90. The van der Waals surface area contributed by atoms with Gasteiger partial charge >= 0.3 is 0 Å². The Kier molecular flexibility index (Phi) is 4.96. The summed E-state index contributed by atoms with van der Waals surface area (Å²) in [6, 6.07) is 16.0. The van der Waals surface area contributed by atoms with Crippen molar-refractivity contribution in [2.75, 3.05) is 23.7 Å². The van der Waals surface area contributed by atoms with Gasteiger partial charge in [-0.05, 0) is 42.0 Å². The van der Waals surface area contributed by atoms with Crippen LogP contribution < -0.4 is 10.6 Å². The number of fused-ring (bicyclic) bond motifs is 1. The summed E-state index contributed by atoms with van der Waals surface area (Å²) < 4.78 is 0. The van der Waals surface area contributed by atoms with Crippen molar-refractivity contribution in [1.82, 2.24) is 9.88 Å². The molecule has 7 heteroatoms. The summed E-state index contributed by atoms with van der Waals surface area (Å²) in [5, 5.41) is 11.0. The van der Waals surface area contributed by atoms with Crippen molar-refractivity contribution < 1.29 is 4.79 Å². The molecule has 0 aliphatic carbocycles. The van der Waals surface area contributed by atoms with Gasteiger partial charge in [0.1, 0.15) is 11.4 Å². The molecule has 30 heavy (non-hydrogen) atoms. The van der Waals surface area contributed by atoms with Gasteiger partial charge < -0.3 is 15.5 Å². The molecule has 1 amide bonds. The van der Waals surface area contributed by atoms with E-state index in [0.717, 1.165) is 47.9 Å². The second-order valence-electron chi connectivity index (χ2n) is 7.72. The maximum Gasteiger partial charge on any atom is 0.254 e. The van der Waals surface area contributed by atoms with Gasteiger partial charge in [0, 0.05) is 18.1 Å². The van der Waals surface area contributed by atoms with Crippen LogP contribution in [0.25, 0.3) is 0 Å². The van der Waals surface area contributed by atoms with Gasteiger partial charge in [0.25, 0.3) is 5.91 Å². The largest absolute Gasteiger partial charge is 0.368 e. The lowest BCUT2D eigenvalue weighted by molar-refractivity contribution is 0.0695. The average Bonchev–Trinajstić information content (AvgIpc) is 3.33. The molecule has 1 spiro atoms. The molecule has 152 valence electrons. The van der Waals surface area contributed by atoms with Crippen molar-refractivity contribution >= 4 is 34.6 Å². The number of hydrogen-bond donors (Lipinski definition) is 2. The smallest absolute Gasteiger partial charge is 0.254 e. The number of thiophene rings is 1. The van der Waals surface area contributed by atoms with E-state index in [9.17, 15) is 4.79 Å². The predicted octanol–water partition coefficient (Wildman–Crippen LogP) is 4.25. The lowest BCUT2D eigenvalue weighted by atomic mass is 9.85. The normalized spacial score (nSPS) is 21.7. The van der Waals surface area contributed by atoms with Crippen molar-refractivity contribution in [3.8, 4) is 0 Å². The number of carbonyl (C=O) groups excluding carboxylic acids is 1. The Morgan fingerprint density at radius 3 is 2.93 bits per heavy atom. The molecule has 4 heterocycles. The maximum atomic E-state index is 13.1. The van der Waals surface area contributed by atoms with Crippen LogP contribution >= 0.6 is 11.3 Å². The second kappa shape index (κ2) is 7.91. The Morgan fingerprint density at radius 1 is 1.20 bits per heavy atom. The number of likely N-dealkylation sites (tertiary alicyclic amines) is 1. The molecule has 0 bridgehead atoms. The number of aromatic nitrogens is 1. The number of carbonyl (C=O) groups is 1. The molecule has 1 fully saturated rings. The number of hydrogen-bond acceptors (Lipinski definition) is 5. The molecule has 6 nitrogen and oxygen atoms in total. The topological polar surface area (TPSA) is 69.6 Å². The standard InChI is InChI=1S/C23H23N5OS/c29-21(18-9-13-30-15-18)28-12-5-10-23(16-28)22(25-14-17-6-2-1-3-7-17)26-20-19(27-23)8-4-11-24-20/h1-4,6-9,11,13,15,27H,5,10,12,14,16H2,(H,24,25,26). The minimum absolute atomic E-state index is 0.0801. The molecule has 5 rings (SSSR count). The van der Waals surface area contributed by atoms with Gasteiger partial charge in [-0.25, -0.2) is 4.98 Å². The van der Waals surface area contributed by atoms with Crippen LogP contribution in [0.3, 0.4) is 0 Å². The summed E-state index contributed by atoms with van der Waals surface area (Å²) in [7, 11) is 0. The Bertz CT molecular complexity index is 1070. The fourth-order valence-electron chi connectivity index (χ4n) is 4.19. The van der Waals surface area contributed by atoms with Gasteiger partial charge in [0.15, 0.2) is 5.82 Å². The molecule has 1 saturated heterocycles. The van der Waals surface area contributed by atoms with Crippen LogP contribution in [0.15, 0.2) is 70.5 Å². The van der Waals surface area contributed by atoms with E-state index >= 15 is 0 Å². The number of amides is 1. The first-order valence-electron chi connectivity index (χ1n) is 10.1. The first-order valence-corrected chi connectivity index (χ1v) is 11.1. The summed E-state index contributed by atoms with van der Waals surface area (Å²) in [6.07, 6.45) is 3.58. The van der Waals surface area contributed by atoms with E-state index in [1.165, 1.54) is 0 Å². The van der Waals surface area contributed by atoms with Crippen LogP contribution in [-0.4, -0.2) is 40.3 Å². The summed E-state index contributed by atoms with van der Waals surface area (Å²) in [5.41, 5.74) is 2.40. The highest BCUT2D eigenvalue weighted by atomic mass is 32.1. The van der Waals surface area contributed by atoms with Crippen molar-refractivity contribution in [2.24, 2.45) is 4.99 Å². The van der Waals surface area contributed by atoms with Gasteiger partial charge in [-0.2, -0.15) is 11.3 Å². The van der Waals surface area contributed by atoms with Gasteiger partial charge in [-0.15, -0.1) is 0 Å². The first-order chi connectivity index (χ1) is 14.7. The van der Waals surface area contributed by atoms with E-state index in [1.807, 2.05) is 52.1 Å². The predicted molar refractivity (Wildman–Crippen MR) is 121 cm³/mol. The number of nitrogens with one attached hydrogen (secondary N) is 2.